The fraction of sp³-hybridized carbons (Fsp3) is 0.375. The third kappa shape index (κ3) is 5.64. The Morgan fingerprint density at radius 1 is 1.00 bits per heavy atom. The lowest BCUT2D eigenvalue weighted by Crippen LogP contribution is -2.54. The second-order valence-electron chi connectivity index (χ2n) is 8.09. The first-order valence-electron chi connectivity index (χ1n) is 10.5. The van der Waals surface area contributed by atoms with E-state index in [0.717, 1.165) is 12.1 Å². The average molecular weight is 459 g/mol. The highest BCUT2D eigenvalue weighted by Gasteiger charge is 2.34. The molecule has 33 heavy (non-hydrogen) atoms. The Bertz CT molecular complexity index is 1050. The normalized spacial score (nSPS) is 15.2. The third-order valence-corrected chi connectivity index (χ3v) is 5.43. The molecule has 6 nitrogen and oxygen atoms in total. The molecule has 174 valence electrons. The van der Waals surface area contributed by atoms with Gasteiger partial charge in [-0.1, -0.05) is 32.0 Å². The van der Waals surface area contributed by atoms with E-state index in [1.165, 1.54) is 17.0 Å². The van der Waals surface area contributed by atoms with Gasteiger partial charge in [-0.15, -0.1) is 0 Å². The maximum Gasteiger partial charge on any atom is 0.416 e. The van der Waals surface area contributed by atoms with Crippen LogP contribution in [0.3, 0.4) is 0 Å². The third-order valence-electron chi connectivity index (χ3n) is 5.43. The number of nitrogens with zero attached hydrogens (tertiary/aromatic N) is 3. The fourth-order valence-electron chi connectivity index (χ4n) is 3.59. The van der Waals surface area contributed by atoms with Gasteiger partial charge >= 0.3 is 6.18 Å². The van der Waals surface area contributed by atoms with Gasteiger partial charge in [0.1, 0.15) is 11.8 Å². The molecule has 3 rings (SSSR count). The fourth-order valence-corrected chi connectivity index (χ4v) is 3.59. The number of carbonyl (C=O) groups excluding carboxylic acids is 2. The number of halogens is 3. The summed E-state index contributed by atoms with van der Waals surface area (Å²) in [6.07, 6.45) is -5.34. The van der Waals surface area contributed by atoms with E-state index in [0.29, 0.717) is 11.3 Å². The molecule has 1 heterocycles. The number of carbonyl (C=O) groups is 2. The first-order chi connectivity index (χ1) is 15.6. The summed E-state index contributed by atoms with van der Waals surface area (Å²) < 4.78 is 44.8. The van der Waals surface area contributed by atoms with Crippen LogP contribution in [0.4, 0.5) is 13.2 Å². The predicted octanol–water partition coefficient (Wildman–Crippen LogP) is 3.97. The summed E-state index contributed by atoms with van der Waals surface area (Å²) in [4.78, 5) is 28.9. The van der Waals surface area contributed by atoms with Crippen LogP contribution in [0.25, 0.3) is 0 Å². The number of para-hydroxylation sites is 1. The molecule has 1 saturated heterocycles. The van der Waals surface area contributed by atoms with Gasteiger partial charge in [-0.2, -0.15) is 18.4 Å². The second-order valence-corrected chi connectivity index (χ2v) is 8.09. The van der Waals surface area contributed by atoms with Crippen molar-refractivity contribution in [2.24, 2.45) is 5.92 Å². The van der Waals surface area contributed by atoms with Crippen LogP contribution in [0.5, 0.6) is 5.75 Å². The molecule has 0 saturated carbocycles. The van der Waals surface area contributed by atoms with E-state index in [2.05, 4.69) is 0 Å². The van der Waals surface area contributed by atoms with Gasteiger partial charge in [0.2, 0.25) is 0 Å². The molecule has 0 N–H and O–H groups in total. The number of ether oxygens (including phenoxy) is 1. The zero-order chi connectivity index (χ0) is 24.2. The Kier molecular flexibility index (Phi) is 7.26. The van der Waals surface area contributed by atoms with Gasteiger partial charge in [0.05, 0.1) is 11.1 Å². The number of hydrogen-bond donors (Lipinski definition) is 0. The van der Waals surface area contributed by atoms with Gasteiger partial charge in [0.25, 0.3) is 11.8 Å². The number of piperazine rings is 1. The van der Waals surface area contributed by atoms with Crippen LogP contribution in [-0.2, 0) is 11.0 Å². The van der Waals surface area contributed by atoms with Crippen LogP contribution in [0.1, 0.15) is 35.3 Å². The number of benzene rings is 2. The minimum absolute atomic E-state index is 0.0406. The summed E-state index contributed by atoms with van der Waals surface area (Å²) in [6.45, 7) is 4.53. The Labute approximate surface area is 190 Å². The molecule has 2 aromatic carbocycles. The summed E-state index contributed by atoms with van der Waals surface area (Å²) in [5.41, 5.74) is -0.592. The molecule has 0 radical (unpaired) electrons. The van der Waals surface area contributed by atoms with E-state index in [1.54, 1.807) is 29.2 Å². The lowest BCUT2D eigenvalue weighted by molar-refractivity contribution is -0.142. The van der Waals surface area contributed by atoms with Gasteiger partial charge < -0.3 is 14.5 Å². The van der Waals surface area contributed by atoms with Gasteiger partial charge in [0.15, 0.2) is 6.10 Å². The SMILES string of the molecule is CC(C)C(Oc1ccccc1C#N)C(=O)N1CCN(C(=O)c2cccc(C(F)(F)F)c2)CC1. The minimum atomic E-state index is -4.53. The first-order valence-corrected chi connectivity index (χ1v) is 10.5. The lowest BCUT2D eigenvalue weighted by atomic mass is 10.0. The van der Waals surface area contributed by atoms with Crippen molar-refractivity contribution < 1.29 is 27.5 Å². The first kappa shape index (κ1) is 24.1. The molecule has 2 amide bonds. The molecule has 0 aromatic heterocycles. The molecule has 1 fully saturated rings. The Balaban J connectivity index is 1.66. The zero-order valence-electron chi connectivity index (χ0n) is 18.3. The number of nitriles is 1. The van der Waals surface area contributed by atoms with Crippen molar-refractivity contribution in [1.29, 1.82) is 5.26 Å². The maximum atomic E-state index is 13.1. The number of rotatable bonds is 5. The number of hydrogen-bond acceptors (Lipinski definition) is 4. The van der Waals surface area contributed by atoms with E-state index in [4.69, 9.17) is 4.74 Å². The van der Waals surface area contributed by atoms with E-state index < -0.39 is 23.8 Å². The topological polar surface area (TPSA) is 73.6 Å². The van der Waals surface area contributed by atoms with Crippen LogP contribution in [0.15, 0.2) is 48.5 Å². The van der Waals surface area contributed by atoms with E-state index in [-0.39, 0.29) is 43.6 Å². The zero-order valence-corrected chi connectivity index (χ0v) is 18.3. The molecule has 1 unspecified atom stereocenters. The molecule has 0 aliphatic carbocycles. The molecule has 9 heteroatoms. The van der Waals surface area contributed by atoms with Crippen LogP contribution in [0, 0.1) is 17.2 Å². The molecular weight excluding hydrogens is 435 g/mol. The highest BCUT2D eigenvalue weighted by Crippen LogP contribution is 2.30. The van der Waals surface area contributed by atoms with Crippen LogP contribution in [0.2, 0.25) is 0 Å². The summed E-state index contributed by atoms with van der Waals surface area (Å²) in [7, 11) is 0. The minimum Gasteiger partial charge on any atom is -0.479 e. The molecular formula is C24H24F3N3O3. The second kappa shape index (κ2) is 9.94. The van der Waals surface area contributed by atoms with Crippen LogP contribution < -0.4 is 4.74 Å². The van der Waals surface area contributed by atoms with Gasteiger partial charge in [-0.05, 0) is 36.2 Å². The number of amides is 2. The van der Waals surface area contributed by atoms with Crippen molar-refractivity contribution in [3.8, 4) is 11.8 Å². The standard InChI is InChI=1S/C24H24F3N3O3/c1-16(2)21(33-20-9-4-3-6-18(20)15-28)23(32)30-12-10-29(11-13-30)22(31)17-7-5-8-19(14-17)24(25,26)27/h3-9,14,16,21H,10-13H2,1-2H3. The Morgan fingerprint density at radius 3 is 2.24 bits per heavy atom. The lowest BCUT2D eigenvalue weighted by Gasteiger charge is -2.37. The average Bonchev–Trinajstić information content (AvgIpc) is 2.81. The molecule has 1 atom stereocenters. The summed E-state index contributed by atoms with van der Waals surface area (Å²) in [5, 5.41) is 9.27. The Hall–Kier alpha value is -3.54. The molecule has 1 aliphatic heterocycles. The predicted molar refractivity (Wildman–Crippen MR) is 114 cm³/mol. The molecule has 0 spiro atoms. The van der Waals surface area contributed by atoms with E-state index in [9.17, 15) is 28.0 Å². The maximum absolute atomic E-state index is 13.1. The molecule has 0 bridgehead atoms. The van der Waals surface area contributed by atoms with Crippen molar-refractivity contribution in [2.75, 3.05) is 26.2 Å². The van der Waals surface area contributed by atoms with Crippen molar-refractivity contribution in [3.05, 3.63) is 65.2 Å². The summed E-state index contributed by atoms with van der Waals surface area (Å²) in [5.74, 6) is -0.615. The van der Waals surface area contributed by atoms with E-state index in [1.807, 2.05) is 19.9 Å². The van der Waals surface area contributed by atoms with Gasteiger partial charge in [-0.25, -0.2) is 0 Å². The van der Waals surface area contributed by atoms with Crippen molar-refractivity contribution in [2.45, 2.75) is 26.1 Å². The van der Waals surface area contributed by atoms with Crippen molar-refractivity contribution in [1.82, 2.24) is 9.80 Å². The monoisotopic (exact) mass is 459 g/mol. The van der Waals surface area contributed by atoms with Crippen molar-refractivity contribution in [3.63, 3.8) is 0 Å². The molecule has 2 aromatic rings. The summed E-state index contributed by atoms with van der Waals surface area (Å²) in [6, 6.07) is 13.0. The highest BCUT2D eigenvalue weighted by atomic mass is 19.4. The highest BCUT2D eigenvalue weighted by molar-refractivity contribution is 5.94. The van der Waals surface area contributed by atoms with Crippen LogP contribution >= 0.6 is 0 Å². The molecule has 1 aliphatic rings. The van der Waals surface area contributed by atoms with Crippen LogP contribution in [-0.4, -0.2) is 53.9 Å². The Morgan fingerprint density at radius 2 is 1.64 bits per heavy atom. The quantitative estimate of drug-likeness (QED) is 0.679. The largest absolute Gasteiger partial charge is 0.479 e. The summed E-state index contributed by atoms with van der Waals surface area (Å²) >= 11 is 0. The number of alkyl halides is 3. The smallest absolute Gasteiger partial charge is 0.416 e. The van der Waals surface area contributed by atoms with Crippen molar-refractivity contribution >= 4 is 11.8 Å². The van der Waals surface area contributed by atoms with E-state index >= 15 is 0 Å². The van der Waals surface area contributed by atoms with Gasteiger partial charge in [0, 0.05) is 31.7 Å². The van der Waals surface area contributed by atoms with Gasteiger partial charge in [-0.3, -0.25) is 9.59 Å².